The lowest BCUT2D eigenvalue weighted by Gasteiger charge is -2.09. The maximum absolute atomic E-state index is 13.3. The Morgan fingerprint density at radius 1 is 0.806 bits per heavy atom. The first-order valence-electron chi connectivity index (χ1n) is 11.2. The number of carbonyl (C=O) groups excluding carboxylic acids is 1. The molecule has 0 fully saturated rings. The van der Waals surface area contributed by atoms with Crippen LogP contribution in [0.15, 0.2) is 96.6 Å². The van der Waals surface area contributed by atoms with Crippen molar-refractivity contribution in [2.45, 2.75) is 0 Å². The molecule has 36 heavy (non-hydrogen) atoms. The molecule has 3 N–H and O–H groups in total. The summed E-state index contributed by atoms with van der Waals surface area (Å²) in [6, 6.07) is 25.8. The number of benzene rings is 2. The van der Waals surface area contributed by atoms with Crippen LogP contribution in [0.1, 0.15) is 9.67 Å². The number of nitrogen functional groups attached to an aromatic ring is 1. The van der Waals surface area contributed by atoms with E-state index in [0.29, 0.717) is 15.7 Å². The summed E-state index contributed by atoms with van der Waals surface area (Å²) in [6.45, 7) is 0. The number of fused-ring (bicyclic) bond motifs is 1. The largest absolute Gasteiger partial charge is 0.397 e. The molecule has 4 aromatic heterocycles. The van der Waals surface area contributed by atoms with Crippen molar-refractivity contribution in [3.8, 4) is 33.6 Å². The molecular weight excluding hydrogens is 486 g/mol. The van der Waals surface area contributed by atoms with Gasteiger partial charge in [0, 0.05) is 34.3 Å². The minimum absolute atomic E-state index is 0.300. The van der Waals surface area contributed by atoms with Gasteiger partial charge >= 0.3 is 0 Å². The summed E-state index contributed by atoms with van der Waals surface area (Å²) in [5.74, 6) is -0.300. The summed E-state index contributed by atoms with van der Waals surface area (Å²) in [5, 5.41) is 6.10. The average Bonchev–Trinajstić information content (AvgIpc) is 3.54. The molecule has 0 bridgehead atoms. The number of nitrogens with one attached hydrogen (secondary N) is 1. The zero-order valence-electron chi connectivity index (χ0n) is 18.9. The number of aromatic nitrogens is 3. The fraction of sp³-hybridized carbons (Fsp3) is 0. The third-order valence-electron chi connectivity index (χ3n) is 5.76. The van der Waals surface area contributed by atoms with Crippen LogP contribution < -0.4 is 11.1 Å². The molecular formula is C28H19N5OS2. The number of rotatable bonds is 5. The van der Waals surface area contributed by atoms with Crippen molar-refractivity contribution in [2.75, 3.05) is 11.1 Å². The first-order chi connectivity index (χ1) is 17.7. The molecule has 174 valence electrons. The molecule has 6 rings (SSSR count). The Balaban J connectivity index is 1.41. The molecule has 4 heterocycles. The second-order valence-electron chi connectivity index (χ2n) is 8.04. The SMILES string of the molecule is Nc1c(C(=O)Nc2nc(-c3ccncc3)cs2)sc2nc(-c3ccccc3)cc(-c3ccccc3)c12. The molecule has 0 spiro atoms. The van der Waals surface area contributed by atoms with Crippen molar-refractivity contribution in [3.05, 3.63) is 102 Å². The quantitative estimate of drug-likeness (QED) is 0.263. The zero-order chi connectivity index (χ0) is 24.5. The smallest absolute Gasteiger partial charge is 0.269 e. The number of hydrogen-bond acceptors (Lipinski definition) is 7. The number of hydrogen-bond donors (Lipinski definition) is 2. The number of anilines is 2. The van der Waals surface area contributed by atoms with Gasteiger partial charge < -0.3 is 5.73 Å². The number of pyridine rings is 2. The Morgan fingerprint density at radius 2 is 1.47 bits per heavy atom. The van der Waals surface area contributed by atoms with E-state index in [4.69, 9.17) is 10.7 Å². The van der Waals surface area contributed by atoms with Gasteiger partial charge in [0.1, 0.15) is 9.71 Å². The fourth-order valence-electron chi connectivity index (χ4n) is 4.03. The van der Waals surface area contributed by atoms with Crippen LogP contribution in [0.25, 0.3) is 43.9 Å². The molecule has 0 saturated carbocycles. The Hall–Kier alpha value is -4.40. The Kier molecular flexibility index (Phi) is 5.73. The van der Waals surface area contributed by atoms with Crippen molar-refractivity contribution in [3.63, 3.8) is 0 Å². The van der Waals surface area contributed by atoms with E-state index in [1.165, 1.54) is 22.7 Å². The minimum atomic E-state index is -0.300. The Morgan fingerprint density at radius 3 is 2.19 bits per heavy atom. The van der Waals surface area contributed by atoms with Gasteiger partial charge in [-0.05, 0) is 29.3 Å². The van der Waals surface area contributed by atoms with Gasteiger partial charge in [-0.3, -0.25) is 15.1 Å². The molecule has 0 aliphatic carbocycles. The van der Waals surface area contributed by atoms with E-state index in [1.807, 2.05) is 84.2 Å². The second-order valence-corrected chi connectivity index (χ2v) is 9.90. The molecule has 0 unspecified atom stereocenters. The molecule has 6 nitrogen and oxygen atoms in total. The Bertz CT molecular complexity index is 1680. The van der Waals surface area contributed by atoms with Crippen LogP contribution in [0, 0.1) is 0 Å². The van der Waals surface area contributed by atoms with Gasteiger partial charge in [-0.1, -0.05) is 60.7 Å². The highest BCUT2D eigenvalue weighted by Gasteiger charge is 2.22. The molecule has 1 amide bonds. The second kappa shape index (κ2) is 9.33. The van der Waals surface area contributed by atoms with Gasteiger partial charge in [0.2, 0.25) is 0 Å². The topological polar surface area (TPSA) is 93.8 Å². The van der Waals surface area contributed by atoms with Crippen LogP contribution in [-0.4, -0.2) is 20.9 Å². The summed E-state index contributed by atoms with van der Waals surface area (Å²) in [6.07, 6.45) is 3.43. The van der Waals surface area contributed by atoms with Crippen LogP contribution in [-0.2, 0) is 0 Å². The van der Waals surface area contributed by atoms with Crippen LogP contribution in [0.4, 0.5) is 10.8 Å². The standard InChI is InChI=1S/C28H19N5OS2/c29-24-23-20(17-7-3-1-4-8-17)15-21(18-9-5-2-6-10-18)31-27(23)36-25(24)26(34)33-28-32-22(16-35-28)19-11-13-30-14-12-19/h1-16H,29H2,(H,32,33,34). The van der Waals surface area contributed by atoms with Crippen LogP contribution in [0.3, 0.4) is 0 Å². The lowest BCUT2D eigenvalue weighted by Crippen LogP contribution is -2.11. The van der Waals surface area contributed by atoms with Crippen LogP contribution in [0.2, 0.25) is 0 Å². The first-order valence-corrected chi connectivity index (χ1v) is 12.9. The van der Waals surface area contributed by atoms with E-state index in [1.54, 1.807) is 12.4 Å². The summed E-state index contributed by atoms with van der Waals surface area (Å²) < 4.78 is 0. The van der Waals surface area contributed by atoms with Gasteiger partial charge in [0.25, 0.3) is 5.91 Å². The van der Waals surface area contributed by atoms with E-state index in [-0.39, 0.29) is 5.91 Å². The third kappa shape index (κ3) is 4.13. The molecule has 0 atom stereocenters. The number of carbonyl (C=O) groups is 1. The lowest BCUT2D eigenvalue weighted by molar-refractivity contribution is 0.103. The minimum Gasteiger partial charge on any atom is -0.397 e. The highest BCUT2D eigenvalue weighted by atomic mass is 32.1. The maximum Gasteiger partial charge on any atom is 0.269 e. The van der Waals surface area contributed by atoms with Crippen molar-refractivity contribution in [2.24, 2.45) is 0 Å². The van der Waals surface area contributed by atoms with E-state index in [2.05, 4.69) is 15.3 Å². The summed E-state index contributed by atoms with van der Waals surface area (Å²) in [7, 11) is 0. The van der Waals surface area contributed by atoms with Crippen molar-refractivity contribution < 1.29 is 4.79 Å². The van der Waals surface area contributed by atoms with Gasteiger partial charge in [-0.2, -0.15) is 0 Å². The summed E-state index contributed by atoms with van der Waals surface area (Å²) >= 11 is 2.66. The molecule has 6 aromatic rings. The van der Waals surface area contributed by atoms with Crippen molar-refractivity contribution >= 4 is 49.6 Å². The average molecular weight is 506 g/mol. The Labute approximate surface area is 215 Å². The van der Waals surface area contributed by atoms with Crippen LogP contribution >= 0.6 is 22.7 Å². The van der Waals surface area contributed by atoms with E-state index < -0.39 is 0 Å². The third-order valence-corrected chi connectivity index (χ3v) is 7.62. The molecule has 0 radical (unpaired) electrons. The van der Waals surface area contributed by atoms with Crippen molar-refractivity contribution in [1.82, 2.24) is 15.0 Å². The van der Waals surface area contributed by atoms with Crippen LogP contribution in [0.5, 0.6) is 0 Å². The predicted octanol–water partition coefficient (Wildman–Crippen LogP) is 6.98. The van der Waals surface area contributed by atoms with Gasteiger partial charge in [0.15, 0.2) is 5.13 Å². The van der Waals surface area contributed by atoms with Crippen molar-refractivity contribution in [1.29, 1.82) is 0 Å². The van der Waals surface area contributed by atoms with E-state index in [9.17, 15) is 4.79 Å². The van der Waals surface area contributed by atoms with Gasteiger partial charge in [-0.25, -0.2) is 9.97 Å². The lowest BCUT2D eigenvalue weighted by atomic mass is 9.99. The first kappa shape index (κ1) is 22.1. The molecule has 0 aliphatic heterocycles. The number of nitrogens with zero attached hydrogens (tertiary/aromatic N) is 3. The predicted molar refractivity (Wildman–Crippen MR) is 148 cm³/mol. The molecule has 0 saturated heterocycles. The number of thiazole rings is 1. The normalized spacial score (nSPS) is 11.0. The molecule has 2 aromatic carbocycles. The zero-order valence-corrected chi connectivity index (χ0v) is 20.5. The highest BCUT2D eigenvalue weighted by molar-refractivity contribution is 7.21. The molecule has 8 heteroatoms. The van der Waals surface area contributed by atoms with E-state index in [0.717, 1.165) is 43.9 Å². The number of nitrogens with two attached hydrogens (primary N) is 1. The van der Waals surface area contributed by atoms with Gasteiger partial charge in [0.05, 0.1) is 17.1 Å². The monoisotopic (exact) mass is 505 g/mol. The number of thiophene rings is 1. The fourth-order valence-corrected chi connectivity index (χ4v) is 5.76. The van der Waals surface area contributed by atoms with Gasteiger partial charge in [-0.15, -0.1) is 22.7 Å². The number of amides is 1. The van der Waals surface area contributed by atoms with E-state index >= 15 is 0 Å². The molecule has 0 aliphatic rings. The maximum atomic E-state index is 13.3. The summed E-state index contributed by atoms with van der Waals surface area (Å²) in [5.41, 5.74) is 12.5. The highest BCUT2D eigenvalue weighted by Crippen LogP contribution is 2.41. The summed E-state index contributed by atoms with van der Waals surface area (Å²) in [4.78, 5) is 27.9.